The third-order valence-electron chi connectivity index (χ3n) is 24.6. The standard InChI is InChI=1S/C36H42ClFN4O5S.C32H35ClFN3O3S.C24H19ClF2N2O3S.C7H16N2.C5H10O2/c1-7-22-16-23(28-19-30(38)25(18-31(28)46-6)21-48(44,45)32-11-9-8-10-29(32)37)17-24-20-39-34(41-33(22)24)40-26-12-14-27(15-13-26)42(5)35(43)47-36(2,3)4;1-4-20-10-12-25(13-11-20)36-32-35-18-23-15-22(14-21(5-2)31(23)37-32)26-17-28(34)24(16-29(26)40-3)19-41(38,39)30-9-7-6-8-27(30)33;1-3-14-8-15(9-16-12-28-24(27)29-23(14)16)18-11-20(26)17(10-21(18)32-2)13-33(30,31)22-7-5-4-6-19(22)25;1-9-7-4-2-6(8)3-5-7;1-5(2,3)7-4-6/h8-11,16-20,26-27H,7,12-15,21H2,1-6H3,(H,39,40,41);6-9,14-18,20,25H,4-5,10-13,19H2,1-3H3,(H,35,36,37);4-12H,3,13H2,1-2H3;6-7,9H,2-5,8H2,1H3;4H,1-3H3. The molecule has 0 aliphatic heterocycles. The summed E-state index contributed by atoms with van der Waals surface area (Å²) in [4.78, 5) is 50.1. The number of aromatic nitrogens is 6. The van der Waals surface area contributed by atoms with E-state index in [1.165, 1.54) is 145 Å². The number of rotatable bonds is 26. The Morgan fingerprint density at radius 1 is 0.464 bits per heavy atom. The van der Waals surface area contributed by atoms with Crippen LogP contribution in [-0.2, 0) is 80.3 Å². The van der Waals surface area contributed by atoms with E-state index in [1.54, 1.807) is 72.9 Å². The number of carbonyl (C=O) groups is 2. The number of nitrogens with zero attached hydrogens (tertiary/aromatic N) is 7. The minimum atomic E-state index is -3.91. The van der Waals surface area contributed by atoms with Gasteiger partial charge in [0.1, 0.15) is 45.9 Å². The van der Waals surface area contributed by atoms with Gasteiger partial charge in [0, 0.05) is 105 Å². The maximum absolute atomic E-state index is 15.5. The second-order valence-electron chi connectivity index (χ2n) is 36.5. The van der Waals surface area contributed by atoms with Crippen molar-refractivity contribution in [1.82, 2.24) is 40.1 Å². The van der Waals surface area contributed by atoms with Crippen molar-refractivity contribution in [2.45, 2.75) is 245 Å². The number of nitrogens with two attached hydrogens (primary N) is 1. The second-order valence-corrected chi connectivity index (χ2v) is 43.6. The molecule has 24 nitrogen and oxygen atoms in total. The zero-order valence-electron chi connectivity index (χ0n) is 80.5. The summed E-state index contributed by atoms with van der Waals surface area (Å²) in [7, 11) is -3.48. The number of hydrogen-bond acceptors (Lipinski definition) is 23. The molecular weight excluding hydrogens is 1890 g/mol. The van der Waals surface area contributed by atoms with E-state index in [0.29, 0.717) is 99.3 Å². The van der Waals surface area contributed by atoms with Gasteiger partial charge in [-0.1, -0.05) is 105 Å². The molecule has 15 rings (SSSR count). The van der Waals surface area contributed by atoms with E-state index in [1.807, 2.05) is 86.7 Å². The molecule has 3 fully saturated rings. The number of amides is 1. The van der Waals surface area contributed by atoms with Gasteiger partial charge >= 0.3 is 12.2 Å². The molecule has 0 spiro atoms. The Hall–Kier alpha value is -10.9. The predicted molar refractivity (Wildman–Crippen MR) is 539 cm³/mol. The Balaban J connectivity index is 0.000000185. The van der Waals surface area contributed by atoms with Crippen molar-refractivity contribution in [2.24, 2.45) is 11.7 Å². The lowest BCUT2D eigenvalue weighted by Gasteiger charge is -2.35. The summed E-state index contributed by atoms with van der Waals surface area (Å²) in [5.41, 5.74) is 13.2. The fourth-order valence-corrected chi connectivity index (χ4v) is 22.8. The zero-order valence-corrected chi connectivity index (χ0v) is 85.2. The van der Waals surface area contributed by atoms with Gasteiger partial charge in [-0.15, -0.1) is 0 Å². The average Bonchev–Trinajstić information content (AvgIpc) is 0.777. The number of nitrogens with one attached hydrogen (secondary N) is 3. The number of hydrogen-bond donors (Lipinski definition) is 4. The van der Waals surface area contributed by atoms with E-state index in [4.69, 9.17) is 69.5 Å². The first-order valence-corrected chi connectivity index (χ1v) is 52.2. The van der Waals surface area contributed by atoms with Crippen LogP contribution in [0.2, 0.25) is 15.1 Å². The SMILES string of the molecule is CC(C)(C)OC=O.CCc1cc(-c2cc(F)c(CS(=O)(=O)c3ccccc3Cl)cc2OC)cc2cnc(F)nc12.CCc1cc(-c2cc(F)c(CS(=O)(=O)c3ccccc3Cl)cc2OC)cc2cnc(NC3CCC(CC)CC3)nc12.CCc1cc(-c2cc(F)c(CS(=O)(=O)c3ccccc3Cl)cc2OC)cc2cnc(NC3CCC(N(C)C(=O)OC(C)(C)C)CC3)nc12.CNC1CCC(N)CC1. The molecule has 738 valence electrons. The molecule has 0 saturated heterocycles. The van der Waals surface area contributed by atoms with Gasteiger partial charge in [0.15, 0.2) is 29.5 Å². The van der Waals surface area contributed by atoms with Crippen LogP contribution in [0.3, 0.4) is 0 Å². The van der Waals surface area contributed by atoms with Crippen LogP contribution in [0.5, 0.6) is 17.2 Å². The van der Waals surface area contributed by atoms with E-state index < -0.39 is 75.9 Å². The first kappa shape index (κ1) is 108. The van der Waals surface area contributed by atoms with Crippen LogP contribution in [0.25, 0.3) is 66.1 Å². The molecule has 3 heterocycles. The number of ether oxygens (including phenoxy) is 5. The van der Waals surface area contributed by atoms with Gasteiger partial charge in [0.2, 0.25) is 11.9 Å². The zero-order chi connectivity index (χ0) is 100. The van der Waals surface area contributed by atoms with E-state index in [-0.39, 0.29) is 70.2 Å². The quantitative estimate of drug-likeness (QED) is 0.0222. The summed E-state index contributed by atoms with van der Waals surface area (Å²) in [6, 6.07) is 39.5. The van der Waals surface area contributed by atoms with Gasteiger partial charge in [0.25, 0.3) is 6.47 Å². The predicted octanol–water partition coefficient (Wildman–Crippen LogP) is 23.4. The minimum Gasteiger partial charge on any atom is -0.496 e. The number of halogens is 7. The van der Waals surface area contributed by atoms with Gasteiger partial charge in [-0.25, -0.2) is 73.1 Å². The van der Waals surface area contributed by atoms with Crippen molar-refractivity contribution in [2.75, 3.05) is 46.1 Å². The fraction of sp³-hybridized carbons (Fsp3) is 0.404. The van der Waals surface area contributed by atoms with E-state index in [2.05, 4.69) is 54.5 Å². The highest BCUT2D eigenvalue weighted by Gasteiger charge is 2.33. The molecular formula is C104H122Cl3F4N11O13S3. The Kier molecular flexibility index (Phi) is 37.3. The van der Waals surface area contributed by atoms with E-state index >= 15 is 13.2 Å². The lowest BCUT2D eigenvalue weighted by atomic mass is 9.85. The lowest BCUT2D eigenvalue weighted by Crippen LogP contribution is -2.43. The molecule has 9 aromatic carbocycles. The fourth-order valence-electron chi connectivity index (χ4n) is 17.0. The highest BCUT2D eigenvalue weighted by molar-refractivity contribution is 7.91. The molecule has 0 radical (unpaired) electrons. The molecule has 3 aliphatic rings. The Morgan fingerprint density at radius 2 is 0.804 bits per heavy atom. The second kappa shape index (κ2) is 47.8. The normalized spacial score (nSPS) is 16.8. The molecule has 3 aliphatic carbocycles. The van der Waals surface area contributed by atoms with Gasteiger partial charge in [-0.2, -0.15) is 4.39 Å². The Labute approximate surface area is 821 Å². The number of benzene rings is 9. The molecule has 0 unspecified atom stereocenters. The molecule has 0 bridgehead atoms. The molecule has 0 atom stereocenters. The van der Waals surface area contributed by atoms with Crippen molar-refractivity contribution >= 4 is 121 Å². The number of anilines is 2. The van der Waals surface area contributed by atoms with Crippen LogP contribution < -0.4 is 35.9 Å². The van der Waals surface area contributed by atoms with Crippen LogP contribution in [0, 0.1) is 29.4 Å². The van der Waals surface area contributed by atoms with Gasteiger partial charge in [-0.3, -0.25) is 4.79 Å². The van der Waals surface area contributed by atoms with Crippen LogP contribution in [-0.4, -0.2) is 149 Å². The molecule has 138 heavy (non-hydrogen) atoms. The summed E-state index contributed by atoms with van der Waals surface area (Å²) < 4.78 is 164. The van der Waals surface area contributed by atoms with Crippen LogP contribution in [0.1, 0.15) is 186 Å². The minimum absolute atomic E-state index is 0.00837. The summed E-state index contributed by atoms with van der Waals surface area (Å²) in [5.74, 6) is -0.694. The number of fused-ring (bicyclic) bond motifs is 3. The highest BCUT2D eigenvalue weighted by atomic mass is 35.5. The maximum atomic E-state index is 15.5. The summed E-state index contributed by atoms with van der Waals surface area (Å²) in [5, 5.41) is 12.8. The maximum Gasteiger partial charge on any atom is 0.410 e. The van der Waals surface area contributed by atoms with Crippen LogP contribution in [0.15, 0.2) is 179 Å². The van der Waals surface area contributed by atoms with Crippen molar-refractivity contribution in [3.8, 4) is 50.6 Å². The molecule has 3 saturated carbocycles. The monoisotopic (exact) mass is 2010 g/mol. The van der Waals surface area contributed by atoms with Crippen LogP contribution >= 0.6 is 34.8 Å². The largest absolute Gasteiger partial charge is 0.496 e. The molecule has 3 aromatic heterocycles. The van der Waals surface area contributed by atoms with Crippen molar-refractivity contribution in [3.05, 3.63) is 236 Å². The van der Waals surface area contributed by atoms with Gasteiger partial charge < -0.3 is 50.3 Å². The summed E-state index contributed by atoms with van der Waals surface area (Å²) >= 11 is 18.3. The van der Waals surface area contributed by atoms with E-state index in [9.17, 15) is 39.2 Å². The third-order valence-corrected chi connectivity index (χ3v) is 31.1. The highest BCUT2D eigenvalue weighted by Crippen LogP contribution is 2.43. The van der Waals surface area contributed by atoms with Crippen LogP contribution in [0.4, 0.5) is 34.3 Å². The lowest BCUT2D eigenvalue weighted by molar-refractivity contribution is -0.138. The summed E-state index contributed by atoms with van der Waals surface area (Å²) in [6.07, 6.45) is 20.0. The number of carbonyl (C=O) groups excluding carboxylic acids is 2. The Bertz CT molecular complexity index is 6680. The smallest absolute Gasteiger partial charge is 0.410 e. The van der Waals surface area contributed by atoms with Gasteiger partial charge in [-0.05, 0) is 293 Å². The third kappa shape index (κ3) is 28.3. The van der Waals surface area contributed by atoms with Crippen molar-refractivity contribution < 1.29 is 76.1 Å². The number of methoxy groups -OCH3 is 3. The topological polar surface area (TPSA) is 325 Å². The average molecular weight is 2010 g/mol. The molecule has 5 N–H and O–H groups in total. The first-order chi connectivity index (χ1) is 65.5. The number of aryl methyl sites for hydroxylation is 3. The molecule has 1 amide bonds. The first-order valence-electron chi connectivity index (χ1n) is 46.1. The molecule has 34 heteroatoms. The van der Waals surface area contributed by atoms with E-state index in [0.717, 1.165) is 101 Å². The van der Waals surface area contributed by atoms with Crippen molar-refractivity contribution in [3.63, 3.8) is 0 Å². The summed E-state index contributed by atoms with van der Waals surface area (Å²) in [6.45, 7) is 19.8. The number of sulfone groups is 3. The Morgan fingerprint density at radius 3 is 1.12 bits per heavy atom. The van der Waals surface area contributed by atoms with Crippen molar-refractivity contribution in [1.29, 1.82) is 0 Å². The molecule has 12 aromatic rings. The van der Waals surface area contributed by atoms with Gasteiger partial charge in [0.05, 0.1) is 84.9 Å².